The minimum absolute atomic E-state index is 0.110. The summed E-state index contributed by atoms with van der Waals surface area (Å²) < 4.78 is 5.70. The van der Waals surface area contributed by atoms with Gasteiger partial charge in [-0.05, 0) is 79.1 Å². The Morgan fingerprint density at radius 2 is 1.70 bits per heavy atom. The number of rotatable bonds is 8. The normalized spacial score (nSPS) is 17.9. The predicted octanol–water partition coefficient (Wildman–Crippen LogP) is 5.92. The van der Waals surface area contributed by atoms with Crippen LogP contribution in [0.1, 0.15) is 91.1 Å². The molecule has 4 N–H and O–H groups in total. The van der Waals surface area contributed by atoms with Crippen LogP contribution in [0, 0.1) is 0 Å². The molecule has 196 valence electrons. The van der Waals surface area contributed by atoms with Crippen LogP contribution in [0.4, 0.5) is 17.3 Å². The van der Waals surface area contributed by atoms with E-state index >= 15 is 0 Å². The van der Waals surface area contributed by atoms with Gasteiger partial charge >= 0.3 is 0 Å². The number of benzene rings is 2. The van der Waals surface area contributed by atoms with Crippen LogP contribution >= 0.6 is 0 Å². The van der Waals surface area contributed by atoms with E-state index < -0.39 is 11.8 Å². The number of nitrogens with zero attached hydrogens (tertiary/aromatic N) is 2. The van der Waals surface area contributed by atoms with E-state index in [1.165, 1.54) is 0 Å². The van der Waals surface area contributed by atoms with Crippen molar-refractivity contribution in [3.05, 3.63) is 77.0 Å². The highest BCUT2D eigenvalue weighted by atomic mass is 16.3. The molecule has 37 heavy (non-hydrogen) atoms. The van der Waals surface area contributed by atoms with E-state index in [1.54, 1.807) is 12.3 Å². The molecular weight excluding hydrogens is 464 g/mol. The van der Waals surface area contributed by atoms with Gasteiger partial charge in [0.25, 0.3) is 0 Å². The zero-order valence-corrected chi connectivity index (χ0v) is 22.4. The highest BCUT2D eigenvalue weighted by molar-refractivity contribution is 5.96. The van der Waals surface area contributed by atoms with Gasteiger partial charge in [-0.15, -0.1) is 0 Å². The van der Waals surface area contributed by atoms with E-state index in [0.717, 1.165) is 47.8 Å². The lowest BCUT2D eigenvalue weighted by molar-refractivity contribution is 0.0991. The van der Waals surface area contributed by atoms with Crippen molar-refractivity contribution in [2.45, 2.75) is 71.4 Å². The zero-order chi connectivity index (χ0) is 26.9. The summed E-state index contributed by atoms with van der Waals surface area (Å²) in [6, 6.07) is 15.7. The first-order chi connectivity index (χ1) is 17.6. The summed E-state index contributed by atoms with van der Waals surface area (Å²) in [6.45, 7) is 11.5. The molecule has 2 amide bonds. The van der Waals surface area contributed by atoms with Crippen molar-refractivity contribution in [3.63, 3.8) is 0 Å². The van der Waals surface area contributed by atoms with Crippen molar-refractivity contribution in [1.29, 1.82) is 0 Å². The maximum Gasteiger partial charge on any atom is 0.248 e. The number of hydrogen-bond donors (Lipinski definition) is 2. The van der Waals surface area contributed by atoms with Gasteiger partial charge in [-0.25, -0.2) is 0 Å². The molecule has 1 fully saturated rings. The number of primary amides is 2. The standard InChI is InChI=1S/C30H38N4O3/c1-18(2)27-24(30(32)36)11-12-25(28(27)19(3)4)34(22-9-6-8-21(17-22)29(31)35)23-13-14-33(20(5)16-23)26-10-7-15-37-26/h6-12,15,17-20,23H,13-14,16H2,1-5H3,(H2,31,35)(H2,32,36). The second-order valence-electron chi connectivity index (χ2n) is 10.6. The second-order valence-corrected chi connectivity index (χ2v) is 10.6. The number of carbonyl (C=O) groups is 2. The molecule has 2 atom stereocenters. The summed E-state index contributed by atoms with van der Waals surface area (Å²) in [5.74, 6) is 0.259. The van der Waals surface area contributed by atoms with Crippen LogP contribution in [-0.2, 0) is 0 Å². The van der Waals surface area contributed by atoms with Crippen LogP contribution in [0.2, 0.25) is 0 Å². The topological polar surface area (TPSA) is 106 Å². The molecular formula is C30H38N4O3. The highest BCUT2D eigenvalue weighted by Crippen LogP contribution is 2.43. The molecule has 2 aromatic carbocycles. The van der Waals surface area contributed by atoms with Crippen molar-refractivity contribution in [2.24, 2.45) is 11.5 Å². The van der Waals surface area contributed by atoms with E-state index in [4.69, 9.17) is 15.9 Å². The Morgan fingerprint density at radius 3 is 2.27 bits per heavy atom. The smallest absolute Gasteiger partial charge is 0.248 e. The predicted molar refractivity (Wildman–Crippen MR) is 149 cm³/mol. The van der Waals surface area contributed by atoms with E-state index in [0.29, 0.717) is 11.1 Å². The lowest BCUT2D eigenvalue weighted by Gasteiger charge is -2.44. The maximum atomic E-state index is 12.4. The van der Waals surface area contributed by atoms with Gasteiger partial charge in [0.1, 0.15) is 0 Å². The summed E-state index contributed by atoms with van der Waals surface area (Å²) in [6.07, 6.45) is 3.48. The lowest BCUT2D eigenvalue weighted by atomic mass is 9.84. The van der Waals surface area contributed by atoms with E-state index in [1.807, 2.05) is 42.5 Å². The number of hydrogen-bond acceptors (Lipinski definition) is 5. The quantitative estimate of drug-likeness (QED) is 0.398. The van der Waals surface area contributed by atoms with Gasteiger partial charge in [0.2, 0.25) is 11.8 Å². The van der Waals surface area contributed by atoms with Crippen molar-refractivity contribution in [3.8, 4) is 0 Å². The Balaban J connectivity index is 1.88. The maximum absolute atomic E-state index is 12.4. The molecule has 4 rings (SSSR count). The molecule has 0 spiro atoms. The first-order valence-electron chi connectivity index (χ1n) is 13.1. The van der Waals surface area contributed by atoms with Gasteiger partial charge in [-0.3, -0.25) is 9.59 Å². The molecule has 7 nitrogen and oxygen atoms in total. The molecule has 2 heterocycles. The molecule has 1 aliphatic heterocycles. The Hall–Kier alpha value is -3.74. The molecule has 0 saturated carbocycles. The van der Waals surface area contributed by atoms with Gasteiger partial charge < -0.3 is 25.7 Å². The summed E-state index contributed by atoms with van der Waals surface area (Å²) in [4.78, 5) is 29.1. The van der Waals surface area contributed by atoms with Gasteiger partial charge in [0.15, 0.2) is 5.88 Å². The number of amides is 2. The summed E-state index contributed by atoms with van der Waals surface area (Å²) in [5, 5.41) is 0. The number of furan rings is 1. The average molecular weight is 503 g/mol. The molecule has 1 aliphatic rings. The summed E-state index contributed by atoms with van der Waals surface area (Å²) >= 11 is 0. The molecule has 0 aliphatic carbocycles. The van der Waals surface area contributed by atoms with Gasteiger partial charge in [0, 0.05) is 47.2 Å². The van der Waals surface area contributed by atoms with Crippen molar-refractivity contribution in [2.75, 3.05) is 16.3 Å². The molecule has 7 heteroatoms. The third-order valence-electron chi connectivity index (χ3n) is 7.36. The minimum Gasteiger partial charge on any atom is -0.449 e. The first-order valence-corrected chi connectivity index (χ1v) is 13.1. The monoisotopic (exact) mass is 502 g/mol. The van der Waals surface area contributed by atoms with Gasteiger partial charge in [-0.1, -0.05) is 33.8 Å². The SMILES string of the molecule is CC(C)c1c(C(N)=O)ccc(N(c2cccc(C(N)=O)c2)C2CCN(c3ccco3)C(C)C2)c1C(C)C. The zero-order valence-electron chi connectivity index (χ0n) is 22.4. The number of nitrogens with two attached hydrogens (primary N) is 2. The summed E-state index contributed by atoms with van der Waals surface area (Å²) in [7, 11) is 0. The van der Waals surface area contributed by atoms with E-state index in [-0.39, 0.29) is 23.9 Å². The molecule has 3 aromatic rings. The number of carbonyl (C=O) groups excluding carboxylic acids is 2. The Labute approximate surface area is 219 Å². The number of piperidine rings is 1. The Morgan fingerprint density at radius 1 is 0.973 bits per heavy atom. The highest BCUT2D eigenvalue weighted by Gasteiger charge is 2.34. The van der Waals surface area contributed by atoms with Crippen LogP contribution in [-0.4, -0.2) is 30.4 Å². The van der Waals surface area contributed by atoms with Crippen LogP contribution in [0.15, 0.2) is 59.2 Å². The van der Waals surface area contributed by atoms with Gasteiger partial charge in [-0.2, -0.15) is 0 Å². The van der Waals surface area contributed by atoms with E-state index in [9.17, 15) is 9.59 Å². The molecule has 1 saturated heterocycles. The Bertz CT molecular complexity index is 1270. The van der Waals surface area contributed by atoms with E-state index in [2.05, 4.69) is 44.4 Å². The third kappa shape index (κ3) is 5.22. The molecule has 1 aromatic heterocycles. The molecule has 0 radical (unpaired) electrons. The number of anilines is 3. The van der Waals surface area contributed by atoms with Crippen LogP contribution in [0.5, 0.6) is 0 Å². The molecule has 2 unspecified atom stereocenters. The van der Waals surface area contributed by atoms with Crippen LogP contribution < -0.4 is 21.3 Å². The summed E-state index contributed by atoms with van der Waals surface area (Å²) in [5.41, 5.74) is 16.5. The largest absolute Gasteiger partial charge is 0.449 e. The van der Waals surface area contributed by atoms with Crippen LogP contribution in [0.3, 0.4) is 0 Å². The fourth-order valence-electron chi connectivity index (χ4n) is 5.78. The van der Waals surface area contributed by atoms with Crippen molar-refractivity contribution >= 4 is 29.1 Å². The minimum atomic E-state index is -0.459. The van der Waals surface area contributed by atoms with Crippen molar-refractivity contribution in [1.82, 2.24) is 0 Å². The fraction of sp³-hybridized carbons (Fsp3) is 0.400. The average Bonchev–Trinajstić information content (AvgIpc) is 3.38. The first kappa shape index (κ1) is 26.3. The molecule has 0 bridgehead atoms. The Kier molecular flexibility index (Phi) is 7.62. The fourth-order valence-corrected chi connectivity index (χ4v) is 5.78. The van der Waals surface area contributed by atoms with Crippen LogP contribution in [0.25, 0.3) is 0 Å². The van der Waals surface area contributed by atoms with Crippen molar-refractivity contribution < 1.29 is 14.0 Å². The third-order valence-corrected chi connectivity index (χ3v) is 7.36. The van der Waals surface area contributed by atoms with Gasteiger partial charge in [0.05, 0.1) is 6.26 Å². The second kappa shape index (κ2) is 10.7. The lowest BCUT2D eigenvalue weighted by Crippen LogP contribution is -2.48.